The Morgan fingerprint density at radius 2 is 2.21 bits per heavy atom. The second-order valence-electron chi connectivity index (χ2n) is 4.78. The van der Waals surface area contributed by atoms with Gasteiger partial charge in [0.2, 0.25) is 0 Å². The molecule has 6 heteroatoms. The largest absolute Gasteiger partial charge is 0.397 e. The van der Waals surface area contributed by atoms with Crippen LogP contribution in [0.1, 0.15) is 13.8 Å². The molecule has 2 aromatic rings. The first-order valence-electron chi connectivity index (χ1n) is 6.17. The summed E-state index contributed by atoms with van der Waals surface area (Å²) < 4.78 is 0. The Balaban J connectivity index is 2.39. The SMILES string of the molecule is CC(CO)C(C)Nc1cc2nc[nH]c(=O)c2cc1N. The number of nitrogens with zero attached hydrogens (tertiary/aromatic N) is 1. The van der Waals surface area contributed by atoms with Crippen LogP contribution in [-0.4, -0.2) is 27.7 Å². The molecule has 1 heterocycles. The van der Waals surface area contributed by atoms with E-state index in [1.54, 1.807) is 12.1 Å². The lowest BCUT2D eigenvalue weighted by Gasteiger charge is -2.21. The molecular weight excluding hydrogens is 244 g/mol. The van der Waals surface area contributed by atoms with E-state index in [1.807, 2.05) is 13.8 Å². The van der Waals surface area contributed by atoms with Crippen molar-refractivity contribution in [1.29, 1.82) is 0 Å². The summed E-state index contributed by atoms with van der Waals surface area (Å²) in [6, 6.07) is 3.42. The highest BCUT2D eigenvalue weighted by Gasteiger charge is 2.13. The molecule has 0 radical (unpaired) electrons. The molecule has 5 N–H and O–H groups in total. The van der Waals surface area contributed by atoms with Crippen molar-refractivity contribution >= 4 is 22.3 Å². The molecule has 1 aromatic heterocycles. The highest BCUT2D eigenvalue weighted by atomic mass is 16.3. The number of hydrogen-bond donors (Lipinski definition) is 4. The second kappa shape index (κ2) is 5.27. The molecule has 2 rings (SSSR count). The molecule has 0 spiro atoms. The van der Waals surface area contributed by atoms with E-state index in [9.17, 15) is 4.79 Å². The summed E-state index contributed by atoms with van der Waals surface area (Å²) in [7, 11) is 0. The number of fused-ring (bicyclic) bond motifs is 1. The molecule has 0 saturated carbocycles. The maximum absolute atomic E-state index is 11.6. The van der Waals surface area contributed by atoms with Crippen molar-refractivity contribution in [1.82, 2.24) is 9.97 Å². The van der Waals surface area contributed by atoms with Crippen molar-refractivity contribution in [2.24, 2.45) is 5.92 Å². The van der Waals surface area contributed by atoms with Gasteiger partial charge in [0.15, 0.2) is 0 Å². The van der Waals surface area contributed by atoms with Gasteiger partial charge in [-0.3, -0.25) is 4.79 Å². The van der Waals surface area contributed by atoms with E-state index < -0.39 is 0 Å². The number of nitrogens with two attached hydrogens (primary N) is 1. The molecular formula is C13H18N4O2. The summed E-state index contributed by atoms with van der Waals surface area (Å²) in [5, 5.41) is 12.8. The normalized spacial score (nSPS) is 14.3. The van der Waals surface area contributed by atoms with Crippen LogP contribution in [-0.2, 0) is 0 Å². The van der Waals surface area contributed by atoms with Crippen LogP contribution in [0.15, 0.2) is 23.3 Å². The lowest BCUT2D eigenvalue weighted by atomic mass is 10.0. The van der Waals surface area contributed by atoms with Crippen LogP contribution in [0.25, 0.3) is 10.9 Å². The lowest BCUT2D eigenvalue weighted by Crippen LogP contribution is -2.26. The van der Waals surface area contributed by atoms with Crippen molar-refractivity contribution in [3.8, 4) is 0 Å². The number of rotatable bonds is 4. The predicted molar refractivity (Wildman–Crippen MR) is 76.1 cm³/mol. The molecule has 0 aliphatic heterocycles. The van der Waals surface area contributed by atoms with Gasteiger partial charge in [-0.05, 0) is 25.0 Å². The summed E-state index contributed by atoms with van der Waals surface area (Å²) in [5.41, 5.74) is 7.53. The van der Waals surface area contributed by atoms with Gasteiger partial charge in [-0.1, -0.05) is 6.92 Å². The molecule has 0 aliphatic rings. The fourth-order valence-corrected chi connectivity index (χ4v) is 1.80. The Morgan fingerprint density at radius 1 is 1.47 bits per heavy atom. The van der Waals surface area contributed by atoms with Gasteiger partial charge in [0, 0.05) is 12.6 Å². The van der Waals surface area contributed by atoms with Crippen LogP contribution in [0.5, 0.6) is 0 Å². The van der Waals surface area contributed by atoms with Crippen molar-refractivity contribution in [2.75, 3.05) is 17.7 Å². The molecule has 0 aliphatic carbocycles. The van der Waals surface area contributed by atoms with Gasteiger partial charge in [0.1, 0.15) is 0 Å². The van der Waals surface area contributed by atoms with Gasteiger partial charge in [-0.25, -0.2) is 4.98 Å². The van der Waals surface area contributed by atoms with Crippen LogP contribution in [0.4, 0.5) is 11.4 Å². The Morgan fingerprint density at radius 3 is 2.89 bits per heavy atom. The quantitative estimate of drug-likeness (QED) is 0.614. The van der Waals surface area contributed by atoms with E-state index in [2.05, 4.69) is 15.3 Å². The zero-order valence-corrected chi connectivity index (χ0v) is 11.0. The summed E-state index contributed by atoms with van der Waals surface area (Å²) in [4.78, 5) is 18.2. The fraction of sp³-hybridized carbons (Fsp3) is 0.385. The van der Waals surface area contributed by atoms with Crippen molar-refractivity contribution in [2.45, 2.75) is 19.9 Å². The van der Waals surface area contributed by atoms with E-state index in [0.717, 1.165) is 5.69 Å². The van der Waals surface area contributed by atoms with Gasteiger partial charge in [-0.15, -0.1) is 0 Å². The zero-order valence-electron chi connectivity index (χ0n) is 11.0. The van der Waals surface area contributed by atoms with Crippen LogP contribution >= 0.6 is 0 Å². The molecule has 0 bridgehead atoms. The van der Waals surface area contributed by atoms with Gasteiger partial charge >= 0.3 is 0 Å². The Bertz CT molecular complexity index is 638. The second-order valence-corrected chi connectivity index (χ2v) is 4.78. The average molecular weight is 262 g/mol. The third-order valence-electron chi connectivity index (χ3n) is 3.34. The fourth-order valence-electron chi connectivity index (χ4n) is 1.80. The standard InChI is InChI=1S/C13H18N4O2/c1-7(5-18)8(2)17-12-4-11-9(3-10(12)14)13(19)16-6-15-11/h3-4,6-8,17-18H,5,14H2,1-2H3,(H,15,16,19). The molecule has 0 amide bonds. The van der Waals surface area contributed by atoms with Crippen molar-refractivity contribution < 1.29 is 5.11 Å². The third-order valence-corrected chi connectivity index (χ3v) is 3.34. The van der Waals surface area contributed by atoms with E-state index in [0.29, 0.717) is 16.6 Å². The number of H-pyrrole nitrogens is 1. The molecule has 102 valence electrons. The summed E-state index contributed by atoms with van der Waals surface area (Å²) in [6.45, 7) is 4.01. The monoisotopic (exact) mass is 262 g/mol. The Labute approximate surface area is 110 Å². The van der Waals surface area contributed by atoms with E-state index in [4.69, 9.17) is 10.8 Å². The maximum Gasteiger partial charge on any atom is 0.258 e. The molecule has 1 aromatic carbocycles. The summed E-state index contributed by atoms with van der Waals surface area (Å²) >= 11 is 0. The Hall–Kier alpha value is -2.08. The van der Waals surface area contributed by atoms with Gasteiger partial charge in [-0.2, -0.15) is 0 Å². The average Bonchev–Trinajstić information content (AvgIpc) is 2.40. The molecule has 2 unspecified atom stereocenters. The Kier molecular flexibility index (Phi) is 3.71. The lowest BCUT2D eigenvalue weighted by molar-refractivity contribution is 0.226. The van der Waals surface area contributed by atoms with Gasteiger partial charge in [0.25, 0.3) is 5.56 Å². The minimum Gasteiger partial charge on any atom is -0.397 e. The van der Waals surface area contributed by atoms with E-state index in [-0.39, 0.29) is 24.1 Å². The number of aliphatic hydroxyl groups excluding tert-OH is 1. The number of benzene rings is 1. The van der Waals surface area contributed by atoms with Crippen LogP contribution < -0.4 is 16.6 Å². The topological polar surface area (TPSA) is 104 Å². The van der Waals surface area contributed by atoms with Gasteiger partial charge in [0.05, 0.1) is 28.6 Å². The number of nitrogen functional groups attached to an aromatic ring is 1. The van der Waals surface area contributed by atoms with E-state index in [1.165, 1.54) is 6.33 Å². The number of aromatic amines is 1. The maximum atomic E-state index is 11.6. The number of anilines is 2. The highest BCUT2D eigenvalue weighted by Crippen LogP contribution is 2.24. The molecule has 2 atom stereocenters. The minimum atomic E-state index is -0.208. The number of nitrogens with one attached hydrogen (secondary N) is 2. The minimum absolute atomic E-state index is 0.0618. The number of aromatic nitrogens is 2. The molecule has 0 fully saturated rings. The predicted octanol–water partition coefficient (Wildman–Crippen LogP) is 0.934. The van der Waals surface area contributed by atoms with Crippen LogP contribution in [0, 0.1) is 5.92 Å². The molecule has 0 saturated heterocycles. The number of hydrogen-bond acceptors (Lipinski definition) is 5. The first kappa shape index (κ1) is 13.4. The van der Waals surface area contributed by atoms with Crippen molar-refractivity contribution in [3.05, 3.63) is 28.8 Å². The van der Waals surface area contributed by atoms with Crippen LogP contribution in [0.2, 0.25) is 0 Å². The first-order chi connectivity index (χ1) is 9.02. The highest BCUT2D eigenvalue weighted by molar-refractivity contribution is 5.88. The molecule has 6 nitrogen and oxygen atoms in total. The van der Waals surface area contributed by atoms with E-state index >= 15 is 0 Å². The smallest absolute Gasteiger partial charge is 0.258 e. The van der Waals surface area contributed by atoms with Crippen molar-refractivity contribution in [3.63, 3.8) is 0 Å². The first-order valence-corrected chi connectivity index (χ1v) is 6.17. The van der Waals surface area contributed by atoms with Gasteiger partial charge < -0.3 is 21.1 Å². The number of aliphatic hydroxyl groups is 1. The van der Waals surface area contributed by atoms with Crippen LogP contribution in [0.3, 0.4) is 0 Å². The zero-order chi connectivity index (χ0) is 14.0. The summed E-state index contributed by atoms with van der Waals surface area (Å²) in [5.74, 6) is 0.0993. The third kappa shape index (κ3) is 2.68. The summed E-state index contributed by atoms with van der Waals surface area (Å²) in [6.07, 6.45) is 1.37. The molecule has 19 heavy (non-hydrogen) atoms.